The van der Waals surface area contributed by atoms with Crippen LogP contribution in [0.1, 0.15) is 31.1 Å². The summed E-state index contributed by atoms with van der Waals surface area (Å²) in [6.45, 7) is 5.01. The fourth-order valence-corrected chi connectivity index (χ4v) is 2.42. The standard InChI is InChI=1S/C22H28N4O4/c1-22(2,3)30-21(29)23-14-19(27)24-16-8-10-17(11-9-16)25-20(28)15-6-12-18(13-7-15)26(4)5/h6-13H,14H2,1-5H3,(H,23,29)(H,24,27)(H,25,28). The summed E-state index contributed by atoms with van der Waals surface area (Å²) in [5.74, 6) is -0.614. The van der Waals surface area contributed by atoms with E-state index >= 15 is 0 Å². The van der Waals surface area contributed by atoms with Crippen LogP contribution in [0.15, 0.2) is 48.5 Å². The van der Waals surface area contributed by atoms with Crippen molar-refractivity contribution >= 4 is 35.0 Å². The molecule has 0 spiro atoms. The van der Waals surface area contributed by atoms with Gasteiger partial charge >= 0.3 is 6.09 Å². The van der Waals surface area contributed by atoms with Crippen molar-refractivity contribution in [1.29, 1.82) is 0 Å². The molecule has 0 aliphatic rings. The zero-order valence-corrected chi connectivity index (χ0v) is 17.9. The molecule has 2 aromatic rings. The van der Waals surface area contributed by atoms with Crippen molar-refractivity contribution in [3.8, 4) is 0 Å². The van der Waals surface area contributed by atoms with Crippen LogP contribution in [-0.2, 0) is 9.53 Å². The molecule has 0 saturated heterocycles. The lowest BCUT2D eigenvalue weighted by molar-refractivity contribution is -0.115. The number of ether oxygens (including phenoxy) is 1. The number of benzene rings is 2. The van der Waals surface area contributed by atoms with Crippen molar-refractivity contribution in [2.75, 3.05) is 36.2 Å². The van der Waals surface area contributed by atoms with Crippen LogP contribution in [0.5, 0.6) is 0 Å². The highest BCUT2D eigenvalue weighted by Crippen LogP contribution is 2.16. The van der Waals surface area contributed by atoms with Crippen LogP contribution >= 0.6 is 0 Å². The van der Waals surface area contributed by atoms with Gasteiger partial charge in [-0.2, -0.15) is 0 Å². The number of hydrogen-bond donors (Lipinski definition) is 3. The molecule has 3 N–H and O–H groups in total. The number of nitrogens with zero attached hydrogens (tertiary/aromatic N) is 1. The number of anilines is 3. The third-order valence-corrected chi connectivity index (χ3v) is 3.86. The molecule has 2 rings (SSSR count). The van der Waals surface area contributed by atoms with Gasteiger partial charge in [0, 0.05) is 36.7 Å². The zero-order valence-electron chi connectivity index (χ0n) is 17.9. The Morgan fingerprint density at radius 2 is 1.40 bits per heavy atom. The predicted octanol–water partition coefficient (Wildman–Crippen LogP) is 3.47. The van der Waals surface area contributed by atoms with Crippen molar-refractivity contribution in [2.45, 2.75) is 26.4 Å². The first-order valence-electron chi connectivity index (χ1n) is 9.49. The van der Waals surface area contributed by atoms with Gasteiger partial charge in [0.15, 0.2) is 0 Å². The Hall–Kier alpha value is -3.55. The molecule has 0 heterocycles. The summed E-state index contributed by atoms with van der Waals surface area (Å²) < 4.78 is 5.07. The highest BCUT2D eigenvalue weighted by molar-refractivity contribution is 6.04. The van der Waals surface area contributed by atoms with Gasteiger partial charge in [-0.05, 0) is 69.3 Å². The minimum atomic E-state index is -0.658. The Balaban J connectivity index is 1.85. The predicted molar refractivity (Wildman–Crippen MR) is 118 cm³/mol. The fourth-order valence-electron chi connectivity index (χ4n) is 2.42. The SMILES string of the molecule is CN(C)c1ccc(C(=O)Nc2ccc(NC(=O)CNC(=O)OC(C)(C)C)cc2)cc1. The van der Waals surface area contributed by atoms with Crippen LogP contribution in [0.25, 0.3) is 0 Å². The Labute approximate surface area is 176 Å². The second-order valence-electron chi connectivity index (χ2n) is 7.88. The summed E-state index contributed by atoms with van der Waals surface area (Å²) in [7, 11) is 3.87. The summed E-state index contributed by atoms with van der Waals surface area (Å²) in [5, 5.41) is 7.87. The highest BCUT2D eigenvalue weighted by Gasteiger charge is 2.16. The smallest absolute Gasteiger partial charge is 0.408 e. The lowest BCUT2D eigenvalue weighted by Crippen LogP contribution is -2.37. The number of rotatable bonds is 6. The normalized spacial score (nSPS) is 10.7. The number of amides is 3. The highest BCUT2D eigenvalue weighted by atomic mass is 16.6. The Morgan fingerprint density at radius 3 is 1.90 bits per heavy atom. The van der Waals surface area contributed by atoms with Gasteiger partial charge in [0.05, 0.1) is 0 Å². The quantitative estimate of drug-likeness (QED) is 0.675. The van der Waals surface area contributed by atoms with E-state index in [-0.39, 0.29) is 12.5 Å². The molecule has 0 unspecified atom stereocenters. The van der Waals surface area contributed by atoms with Crippen molar-refractivity contribution in [3.63, 3.8) is 0 Å². The summed E-state index contributed by atoms with van der Waals surface area (Å²) in [4.78, 5) is 37.8. The summed E-state index contributed by atoms with van der Waals surface area (Å²) in [6.07, 6.45) is -0.658. The number of hydrogen-bond acceptors (Lipinski definition) is 5. The molecule has 30 heavy (non-hydrogen) atoms. The van der Waals surface area contributed by atoms with Crippen molar-refractivity contribution in [2.24, 2.45) is 0 Å². The summed E-state index contributed by atoms with van der Waals surface area (Å²) >= 11 is 0. The van der Waals surface area contributed by atoms with Crippen LogP contribution in [0.4, 0.5) is 21.9 Å². The minimum Gasteiger partial charge on any atom is -0.444 e. The lowest BCUT2D eigenvalue weighted by atomic mass is 10.2. The van der Waals surface area contributed by atoms with E-state index in [1.165, 1.54) is 0 Å². The minimum absolute atomic E-state index is 0.212. The van der Waals surface area contributed by atoms with Gasteiger partial charge in [0.2, 0.25) is 5.91 Å². The Bertz CT molecular complexity index is 885. The Kier molecular flexibility index (Phi) is 7.41. The average molecular weight is 412 g/mol. The van der Waals surface area contributed by atoms with E-state index in [1.807, 2.05) is 31.1 Å². The van der Waals surface area contributed by atoms with Crippen LogP contribution in [0.2, 0.25) is 0 Å². The molecule has 0 aromatic heterocycles. The van der Waals surface area contributed by atoms with Gasteiger partial charge in [-0.1, -0.05) is 0 Å². The molecule has 3 amide bonds. The van der Waals surface area contributed by atoms with Crippen molar-refractivity contribution < 1.29 is 19.1 Å². The molecule has 8 heteroatoms. The molecule has 0 fully saturated rings. The fraction of sp³-hybridized carbons (Fsp3) is 0.318. The maximum atomic E-state index is 12.4. The van der Waals surface area contributed by atoms with Crippen LogP contribution in [0.3, 0.4) is 0 Å². The van der Waals surface area contributed by atoms with Gasteiger partial charge in [0.1, 0.15) is 12.1 Å². The largest absolute Gasteiger partial charge is 0.444 e. The van der Waals surface area contributed by atoms with Gasteiger partial charge in [-0.25, -0.2) is 4.79 Å². The van der Waals surface area contributed by atoms with Crippen molar-refractivity contribution in [1.82, 2.24) is 5.32 Å². The van der Waals surface area contributed by atoms with E-state index in [4.69, 9.17) is 4.74 Å². The molecular formula is C22H28N4O4. The van der Waals surface area contributed by atoms with Crippen LogP contribution in [-0.4, -0.2) is 44.1 Å². The van der Waals surface area contributed by atoms with E-state index < -0.39 is 17.6 Å². The first-order valence-corrected chi connectivity index (χ1v) is 9.49. The maximum Gasteiger partial charge on any atom is 0.408 e. The second kappa shape index (κ2) is 9.78. The molecule has 0 bridgehead atoms. The molecule has 2 aromatic carbocycles. The third kappa shape index (κ3) is 7.46. The number of carbonyl (C=O) groups excluding carboxylic acids is 3. The van der Waals surface area contributed by atoms with Gasteiger partial charge < -0.3 is 25.6 Å². The monoisotopic (exact) mass is 412 g/mol. The first-order chi connectivity index (χ1) is 14.0. The van der Waals surface area contributed by atoms with E-state index in [1.54, 1.807) is 57.2 Å². The van der Waals surface area contributed by atoms with E-state index in [2.05, 4.69) is 16.0 Å². The Morgan fingerprint density at radius 1 is 0.867 bits per heavy atom. The van der Waals surface area contributed by atoms with E-state index in [9.17, 15) is 14.4 Å². The molecule has 0 aliphatic heterocycles. The van der Waals surface area contributed by atoms with E-state index in [0.29, 0.717) is 16.9 Å². The van der Waals surface area contributed by atoms with Gasteiger partial charge in [0.25, 0.3) is 5.91 Å². The summed E-state index contributed by atoms with van der Waals surface area (Å²) in [5.41, 5.74) is 2.06. The molecule has 0 radical (unpaired) electrons. The molecular weight excluding hydrogens is 384 g/mol. The molecule has 0 aliphatic carbocycles. The van der Waals surface area contributed by atoms with Crippen molar-refractivity contribution in [3.05, 3.63) is 54.1 Å². The number of carbonyl (C=O) groups is 3. The second-order valence-corrected chi connectivity index (χ2v) is 7.88. The summed E-state index contributed by atoms with van der Waals surface area (Å²) in [6, 6.07) is 14.0. The number of alkyl carbamates (subject to hydrolysis) is 1. The van der Waals surface area contributed by atoms with E-state index in [0.717, 1.165) is 5.69 Å². The third-order valence-electron chi connectivity index (χ3n) is 3.86. The van der Waals surface area contributed by atoms with Gasteiger partial charge in [-0.15, -0.1) is 0 Å². The molecule has 160 valence electrons. The van der Waals surface area contributed by atoms with Crippen LogP contribution < -0.4 is 20.9 Å². The van der Waals surface area contributed by atoms with Crippen LogP contribution in [0, 0.1) is 0 Å². The average Bonchev–Trinajstić information content (AvgIpc) is 2.66. The lowest BCUT2D eigenvalue weighted by Gasteiger charge is -2.19. The molecule has 0 saturated carbocycles. The number of nitrogens with one attached hydrogen (secondary N) is 3. The van der Waals surface area contributed by atoms with Gasteiger partial charge in [-0.3, -0.25) is 9.59 Å². The zero-order chi connectivity index (χ0) is 22.3. The molecule has 8 nitrogen and oxygen atoms in total. The molecule has 0 atom stereocenters. The topological polar surface area (TPSA) is 99.8 Å². The maximum absolute atomic E-state index is 12.4. The first kappa shape index (κ1) is 22.7.